The van der Waals surface area contributed by atoms with Gasteiger partial charge < -0.3 is 5.32 Å². The first-order valence-corrected chi connectivity index (χ1v) is 6.66. The molecule has 0 amide bonds. The molecule has 0 heterocycles. The quantitative estimate of drug-likeness (QED) is 0.878. The minimum absolute atomic E-state index is 0.290. The molecule has 2 fully saturated rings. The molecular formula is C15H17FN2. The smallest absolute Gasteiger partial charge is 0.129 e. The number of anilines is 1. The predicted molar refractivity (Wildman–Crippen MR) is 68.7 cm³/mol. The van der Waals surface area contributed by atoms with Crippen LogP contribution in [0.1, 0.15) is 36.8 Å². The second-order valence-electron chi connectivity index (χ2n) is 5.59. The van der Waals surface area contributed by atoms with Gasteiger partial charge in [-0.15, -0.1) is 0 Å². The Morgan fingerprint density at radius 2 is 1.89 bits per heavy atom. The van der Waals surface area contributed by atoms with Crippen LogP contribution in [0.25, 0.3) is 0 Å². The summed E-state index contributed by atoms with van der Waals surface area (Å²) >= 11 is 0. The number of rotatable bonds is 4. The van der Waals surface area contributed by atoms with E-state index in [-0.39, 0.29) is 5.82 Å². The van der Waals surface area contributed by atoms with Crippen molar-refractivity contribution in [1.29, 1.82) is 5.26 Å². The molecule has 2 aliphatic rings. The summed E-state index contributed by atoms with van der Waals surface area (Å²) < 4.78 is 13.7. The fourth-order valence-electron chi connectivity index (χ4n) is 2.60. The van der Waals surface area contributed by atoms with E-state index in [1.54, 1.807) is 13.0 Å². The molecule has 0 unspecified atom stereocenters. The van der Waals surface area contributed by atoms with E-state index in [9.17, 15) is 4.39 Å². The Labute approximate surface area is 107 Å². The monoisotopic (exact) mass is 244 g/mol. The summed E-state index contributed by atoms with van der Waals surface area (Å²) in [7, 11) is 0. The van der Waals surface area contributed by atoms with Gasteiger partial charge in [-0.3, -0.25) is 0 Å². The van der Waals surface area contributed by atoms with Crippen molar-refractivity contribution in [3.05, 3.63) is 29.1 Å². The Hall–Kier alpha value is -1.56. The second kappa shape index (κ2) is 4.28. The number of hydrogen-bond donors (Lipinski definition) is 1. The summed E-state index contributed by atoms with van der Waals surface area (Å²) in [6, 6.07) is 5.59. The van der Waals surface area contributed by atoms with Gasteiger partial charge in [0.15, 0.2) is 0 Å². The first kappa shape index (κ1) is 11.5. The number of nitrogens with one attached hydrogen (secondary N) is 1. The molecule has 0 aliphatic heterocycles. The number of nitriles is 1. The van der Waals surface area contributed by atoms with Gasteiger partial charge in [-0.1, -0.05) is 0 Å². The molecule has 1 aromatic rings. The van der Waals surface area contributed by atoms with E-state index in [1.165, 1.54) is 31.7 Å². The Balaban J connectivity index is 1.86. The molecule has 0 radical (unpaired) electrons. The van der Waals surface area contributed by atoms with Crippen LogP contribution >= 0.6 is 0 Å². The summed E-state index contributed by atoms with van der Waals surface area (Å²) in [5, 5.41) is 12.4. The molecule has 1 N–H and O–H groups in total. The zero-order valence-electron chi connectivity index (χ0n) is 10.5. The van der Waals surface area contributed by atoms with E-state index >= 15 is 0 Å². The molecule has 3 heteroatoms. The van der Waals surface area contributed by atoms with Crippen LogP contribution < -0.4 is 5.32 Å². The maximum Gasteiger partial charge on any atom is 0.129 e. The lowest BCUT2D eigenvalue weighted by atomic mass is 10.0. The Kier molecular flexibility index (Phi) is 2.74. The largest absolute Gasteiger partial charge is 0.381 e. The highest BCUT2D eigenvalue weighted by atomic mass is 19.1. The van der Waals surface area contributed by atoms with E-state index in [0.29, 0.717) is 17.2 Å². The molecule has 2 nitrogen and oxygen atoms in total. The molecule has 0 spiro atoms. The number of hydrogen-bond acceptors (Lipinski definition) is 2. The Morgan fingerprint density at radius 3 is 2.39 bits per heavy atom. The SMILES string of the molecule is Cc1c(F)cc(C#N)cc1NC(C1CC1)C1CC1. The molecule has 0 bridgehead atoms. The van der Waals surface area contributed by atoms with E-state index in [4.69, 9.17) is 5.26 Å². The first-order valence-electron chi connectivity index (χ1n) is 6.66. The maximum atomic E-state index is 13.7. The number of halogens is 1. The van der Waals surface area contributed by atoms with Gasteiger partial charge in [0.2, 0.25) is 0 Å². The third-order valence-corrected chi connectivity index (χ3v) is 4.06. The van der Waals surface area contributed by atoms with E-state index < -0.39 is 0 Å². The molecule has 2 saturated carbocycles. The van der Waals surface area contributed by atoms with Gasteiger partial charge in [-0.05, 0) is 56.6 Å². The van der Waals surface area contributed by atoms with Crippen LogP contribution in [0.2, 0.25) is 0 Å². The highest BCUT2D eigenvalue weighted by molar-refractivity contribution is 5.56. The lowest BCUT2D eigenvalue weighted by Crippen LogP contribution is -2.24. The summed E-state index contributed by atoms with van der Waals surface area (Å²) in [5.74, 6) is 1.22. The van der Waals surface area contributed by atoms with Crippen molar-refractivity contribution in [1.82, 2.24) is 0 Å². The number of benzene rings is 1. The van der Waals surface area contributed by atoms with E-state index in [1.807, 2.05) is 6.07 Å². The molecule has 2 aliphatic carbocycles. The van der Waals surface area contributed by atoms with Crippen LogP contribution in [0.3, 0.4) is 0 Å². The van der Waals surface area contributed by atoms with Crippen LogP contribution in [0.15, 0.2) is 12.1 Å². The van der Waals surface area contributed by atoms with Crippen LogP contribution in [-0.2, 0) is 0 Å². The molecule has 18 heavy (non-hydrogen) atoms. The average molecular weight is 244 g/mol. The lowest BCUT2D eigenvalue weighted by Gasteiger charge is -2.21. The van der Waals surface area contributed by atoms with Gasteiger partial charge in [0.1, 0.15) is 5.82 Å². The second-order valence-corrected chi connectivity index (χ2v) is 5.59. The van der Waals surface area contributed by atoms with Crippen molar-refractivity contribution in [2.45, 2.75) is 38.6 Å². The predicted octanol–water partition coefficient (Wildman–Crippen LogP) is 3.61. The fraction of sp³-hybridized carbons (Fsp3) is 0.533. The highest BCUT2D eigenvalue weighted by Gasteiger charge is 2.41. The topological polar surface area (TPSA) is 35.8 Å². The van der Waals surface area contributed by atoms with Crippen LogP contribution in [0.4, 0.5) is 10.1 Å². The lowest BCUT2D eigenvalue weighted by molar-refractivity contribution is 0.565. The van der Waals surface area contributed by atoms with Gasteiger partial charge in [0.05, 0.1) is 11.6 Å². The van der Waals surface area contributed by atoms with Crippen molar-refractivity contribution in [2.75, 3.05) is 5.32 Å². The summed E-state index contributed by atoms with van der Waals surface area (Å²) in [6.07, 6.45) is 5.14. The van der Waals surface area contributed by atoms with Crippen LogP contribution in [0, 0.1) is 35.9 Å². The van der Waals surface area contributed by atoms with Gasteiger partial charge >= 0.3 is 0 Å². The Bertz CT molecular complexity index is 498. The molecule has 94 valence electrons. The molecule has 0 aromatic heterocycles. The van der Waals surface area contributed by atoms with Crippen molar-refractivity contribution >= 4 is 5.69 Å². The van der Waals surface area contributed by atoms with Crippen LogP contribution in [0.5, 0.6) is 0 Å². The normalized spacial score (nSPS) is 18.8. The average Bonchev–Trinajstić information content (AvgIpc) is 3.23. The summed E-state index contributed by atoms with van der Waals surface area (Å²) in [6.45, 7) is 1.77. The zero-order valence-corrected chi connectivity index (χ0v) is 10.5. The number of nitrogens with zero attached hydrogens (tertiary/aromatic N) is 1. The van der Waals surface area contributed by atoms with Gasteiger partial charge in [0, 0.05) is 17.3 Å². The van der Waals surface area contributed by atoms with Crippen molar-refractivity contribution in [2.24, 2.45) is 11.8 Å². The molecule has 3 rings (SSSR count). The molecule has 1 aromatic carbocycles. The fourth-order valence-corrected chi connectivity index (χ4v) is 2.60. The minimum Gasteiger partial charge on any atom is -0.381 e. The van der Waals surface area contributed by atoms with Crippen molar-refractivity contribution in [3.63, 3.8) is 0 Å². The minimum atomic E-state index is -0.290. The standard InChI is InChI=1S/C15H17FN2/c1-9-13(16)6-10(8-17)7-14(9)18-15(11-2-3-11)12-4-5-12/h6-7,11-12,15,18H,2-5H2,1H3. The summed E-state index contributed by atoms with van der Waals surface area (Å²) in [5.41, 5.74) is 1.82. The van der Waals surface area contributed by atoms with Crippen LogP contribution in [-0.4, -0.2) is 6.04 Å². The molecule has 0 atom stereocenters. The van der Waals surface area contributed by atoms with Gasteiger partial charge in [0.25, 0.3) is 0 Å². The van der Waals surface area contributed by atoms with Crippen molar-refractivity contribution in [3.8, 4) is 6.07 Å². The highest BCUT2D eigenvalue weighted by Crippen LogP contribution is 2.46. The Morgan fingerprint density at radius 1 is 1.28 bits per heavy atom. The molecular weight excluding hydrogens is 227 g/mol. The maximum absolute atomic E-state index is 13.7. The third kappa shape index (κ3) is 2.20. The van der Waals surface area contributed by atoms with E-state index in [0.717, 1.165) is 17.5 Å². The van der Waals surface area contributed by atoms with Crippen molar-refractivity contribution < 1.29 is 4.39 Å². The third-order valence-electron chi connectivity index (χ3n) is 4.06. The van der Waals surface area contributed by atoms with E-state index in [2.05, 4.69) is 5.32 Å². The summed E-state index contributed by atoms with van der Waals surface area (Å²) in [4.78, 5) is 0. The van der Waals surface area contributed by atoms with Gasteiger partial charge in [-0.25, -0.2) is 4.39 Å². The molecule has 0 saturated heterocycles. The zero-order chi connectivity index (χ0) is 12.7. The first-order chi connectivity index (χ1) is 8.69. The van der Waals surface area contributed by atoms with Gasteiger partial charge in [-0.2, -0.15) is 5.26 Å².